The van der Waals surface area contributed by atoms with Gasteiger partial charge in [0, 0.05) is 6.04 Å². The first-order chi connectivity index (χ1) is 6.32. The second kappa shape index (κ2) is 3.50. The smallest absolute Gasteiger partial charge is 0.138 e. The molecule has 78 valence electrons. The van der Waals surface area contributed by atoms with E-state index >= 15 is 0 Å². The van der Waals surface area contributed by atoms with Gasteiger partial charge >= 0.3 is 0 Å². The molecule has 0 heterocycles. The Morgan fingerprint density at radius 2 is 1.86 bits per heavy atom. The zero-order chi connectivity index (χ0) is 10.9. The van der Waals surface area contributed by atoms with E-state index in [1.54, 1.807) is 12.1 Å². The number of phenolic OH excluding ortho intramolecular Hbond substituents is 1. The van der Waals surface area contributed by atoms with E-state index in [-0.39, 0.29) is 17.2 Å². The van der Waals surface area contributed by atoms with E-state index in [9.17, 15) is 5.11 Å². The fourth-order valence-electron chi connectivity index (χ4n) is 1.27. The lowest BCUT2D eigenvalue weighted by molar-refractivity contribution is 0.327. The van der Waals surface area contributed by atoms with Gasteiger partial charge in [0.25, 0.3) is 0 Å². The molecule has 1 rings (SSSR count). The Hall–Kier alpha value is -1.22. The summed E-state index contributed by atoms with van der Waals surface area (Å²) in [4.78, 5) is 0. The average Bonchev–Trinajstić information content (AvgIpc) is 2.07. The van der Waals surface area contributed by atoms with Crippen molar-refractivity contribution in [2.24, 2.45) is 11.1 Å². The van der Waals surface area contributed by atoms with Crippen LogP contribution in [0, 0.1) is 5.41 Å². The SMILES string of the molecule is CC(C)(C)C(N)c1ccc(O)c(N)c1. The van der Waals surface area contributed by atoms with E-state index in [1.165, 1.54) is 0 Å². The summed E-state index contributed by atoms with van der Waals surface area (Å²) in [6, 6.07) is 5.04. The van der Waals surface area contributed by atoms with Crippen molar-refractivity contribution in [2.75, 3.05) is 5.73 Å². The molecule has 0 saturated carbocycles. The topological polar surface area (TPSA) is 72.3 Å². The van der Waals surface area contributed by atoms with Crippen molar-refractivity contribution < 1.29 is 5.11 Å². The van der Waals surface area contributed by atoms with E-state index in [0.717, 1.165) is 5.56 Å². The second-order valence-electron chi connectivity index (χ2n) is 4.66. The number of hydrogen-bond acceptors (Lipinski definition) is 3. The minimum Gasteiger partial charge on any atom is -0.506 e. The lowest BCUT2D eigenvalue weighted by Crippen LogP contribution is -2.26. The Morgan fingerprint density at radius 1 is 1.29 bits per heavy atom. The Labute approximate surface area is 84.7 Å². The average molecular weight is 194 g/mol. The highest BCUT2D eigenvalue weighted by Crippen LogP contribution is 2.33. The molecule has 0 fully saturated rings. The molecular weight excluding hydrogens is 176 g/mol. The van der Waals surface area contributed by atoms with Crippen LogP contribution < -0.4 is 11.5 Å². The highest BCUT2D eigenvalue weighted by molar-refractivity contribution is 5.53. The van der Waals surface area contributed by atoms with Gasteiger partial charge < -0.3 is 16.6 Å². The van der Waals surface area contributed by atoms with Crippen LogP contribution in [0.2, 0.25) is 0 Å². The van der Waals surface area contributed by atoms with Gasteiger partial charge in [-0.15, -0.1) is 0 Å². The van der Waals surface area contributed by atoms with Crippen molar-refractivity contribution in [3.63, 3.8) is 0 Å². The van der Waals surface area contributed by atoms with Crippen LogP contribution in [0.4, 0.5) is 5.69 Å². The highest BCUT2D eigenvalue weighted by atomic mass is 16.3. The van der Waals surface area contributed by atoms with Crippen LogP contribution in [-0.4, -0.2) is 5.11 Å². The van der Waals surface area contributed by atoms with Crippen molar-refractivity contribution >= 4 is 5.69 Å². The van der Waals surface area contributed by atoms with Gasteiger partial charge in [-0.25, -0.2) is 0 Å². The van der Waals surface area contributed by atoms with Gasteiger partial charge in [-0.1, -0.05) is 26.8 Å². The molecule has 0 aliphatic rings. The molecule has 3 heteroatoms. The number of phenols is 1. The molecule has 1 aromatic rings. The normalized spacial score (nSPS) is 14.0. The molecule has 3 nitrogen and oxygen atoms in total. The van der Waals surface area contributed by atoms with Gasteiger partial charge in [0.05, 0.1) is 5.69 Å². The van der Waals surface area contributed by atoms with Crippen molar-refractivity contribution in [3.05, 3.63) is 23.8 Å². The molecule has 1 unspecified atom stereocenters. The summed E-state index contributed by atoms with van der Waals surface area (Å²) in [5, 5.41) is 9.26. The molecule has 0 aromatic heterocycles. The monoisotopic (exact) mass is 194 g/mol. The van der Waals surface area contributed by atoms with Gasteiger partial charge in [0.15, 0.2) is 0 Å². The number of nitrogen functional groups attached to an aromatic ring is 1. The Morgan fingerprint density at radius 3 is 2.29 bits per heavy atom. The molecule has 0 bridgehead atoms. The standard InChI is InChI=1S/C11H18N2O/c1-11(2,3)10(13)7-4-5-9(14)8(12)6-7/h4-6,10,14H,12-13H2,1-3H3. The number of rotatable bonds is 1. The number of anilines is 1. The van der Waals surface area contributed by atoms with Crippen LogP contribution in [0.15, 0.2) is 18.2 Å². The summed E-state index contributed by atoms with van der Waals surface area (Å²) in [6.45, 7) is 6.21. The number of aromatic hydroxyl groups is 1. The minimum atomic E-state index is -0.0783. The van der Waals surface area contributed by atoms with Crippen molar-refractivity contribution in [1.29, 1.82) is 0 Å². The van der Waals surface area contributed by atoms with Crippen LogP contribution in [-0.2, 0) is 0 Å². The maximum absolute atomic E-state index is 9.26. The van der Waals surface area contributed by atoms with Gasteiger partial charge in [-0.05, 0) is 23.1 Å². The van der Waals surface area contributed by atoms with Gasteiger partial charge in [0.1, 0.15) is 5.75 Å². The first kappa shape index (κ1) is 10.9. The lowest BCUT2D eigenvalue weighted by atomic mass is 9.83. The maximum Gasteiger partial charge on any atom is 0.138 e. The van der Waals surface area contributed by atoms with Gasteiger partial charge in [0.2, 0.25) is 0 Å². The van der Waals surface area contributed by atoms with Gasteiger partial charge in [-0.3, -0.25) is 0 Å². The maximum atomic E-state index is 9.26. The third-order valence-electron chi connectivity index (χ3n) is 2.34. The third kappa shape index (κ3) is 2.17. The zero-order valence-corrected chi connectivity index (χ0v) is 8.91. The van der Waals surface area contributed by atoms with E-state index in [1.807, 2.05) is 6.07 Å². The van der Waals surface area contributed by atoms with Gasteiger partial charge in [-0.2, -0.15) is 0 Å². The number of benzene rings is 1. The van der Waals surface area contributed by atoms with Crippen LogP contribution in [0.1, 0.15) is 32.4 Å². The van der Waals surface area contributed by atoms with E-state index in [4.69, 9.17) is 11.5 Å². The fourth-order valence-corrected chi connectivity index (χ4v) is 1.27. The quantitative estimate of drug-likeness (QED) is 0.473. The zero-order valence-electron chi connectivity index (χ0n) is 8.91. The molecule has 14 heavy (non-hydrogen) atoms. The number of nitrogens with two attached hydrogens (primary N) is 2. The Kier molecular flexibility index (Phi) is 2.71. The van der Waals surface area contributed by atoms with Crippen molar-refractivity contribution in [2.45, 2.75) is 26.8 Å². The summed E-state index contributed by atoms with van der Waals surface area (Å²) in [5.41, 5.74) is 13.0. The number of hydrogen-bond donors (Lipinski definition) is 3. The predicted molar refractivity (Wildman–Crippen MR) is 58.9 cm³/mol. The summed E-state index contributed by atoms with van der Waals surface area (Å²) in [7, 11) is 0. The Bertz CT molecular complexity index is 329. The van der Waals surface area contributed by atoms with Crippen LogP contribution >= 0.6 is 0 Å². The first-order valence-corrected chi connectivity index (χ1v) is 4.66. The molecule has 5 N–H and O–H groups in total. The minimum absolute atomic E-state index is 0.0105. The molecule has 0 radical (unpaired) electrons. The molecule has 0 aliphatic heterocycles. The Balaban J connectivity index is 3.03. The molecule has 0 amide bonds. The summed E-state index contributed by atoms with van der Waals surface area (Å²) in [6.07, 6.45) is 0. The van der Waals surface area contributed by atoms with E-state index in [2.05, 4.69) is 20.8 Å². The van der Waals surface area contributed by atoms with E-state index in [0.29, 0.717) is 5.69 Å². The fraction of sp³-hybridized carbons (Fsp3) is 0.455. The summed E-state index contributed by atoms with van der Waals surface area (Å²) >= 11 is 0. The largest absolute Gasteiger partial charge is 0.506 e. The van der Waals surface area contributed by atoms with Crippen LogP contribution in [0.25, 0.3) is 0 Å². The summed E-state index contributed by atoms with van der Waals surface area (Å²) < 4.78 is 0. The van der Waals surface area contributed by atoms with E-state index < -0.39 is 0 Å². The summed E-state index contributed by atoms with van der Waals surface area (Å²) in [5.74, 6) is 0.106. The lowest BCUT2D eigenvalue weighted by Gasteiger charge is -2.27. The third-order valence-corrected chi connectivity index (χ3v) is 2.34. The highest BCUT2D eigenvalue weighted by Gasteiger charge is 2.22. The van der Waals surface area contributed by atoms with Crippen LogP contribution in [0.3, 0.4) is 0 Å². The molecular formula is C11H18N2O. The first-order valence-electron chi connectivity index (χ1n) is 4.66. The molecule has 1 atom stereocenters. The predicted octanol–water partition coefficient (Wildman–Crippen LogP) is 2.02. The second-order valence-corrected chi connectivity index (χ2v) is 4.66. The van der Waals surface area contributed by atoms with Crippen molar-refractivity contribution in [3.8, 4) is 5.75 Å². The molecule has 1 aromatic carbocycles. The molecule has 0 saturated heterocycles. The molecule has 0 aliphatic carbocycles. The molecule has 0 spiro atoms. The van der Waals surface area contributed by atoms with Crippen molar-refractivity contribution in [1.82, 2.24) is 0 Å². The van der Waals surface area contributed by atoms with Crippen LogP contribution in [0.5, 0.6) is 5.75 Å².